The molecular weight excluding hydrogens is 453 g/mol. The number of halogens is 3. The summed E-state index contributed by atoms with van der Waals surface area (Å²) in [6.45, 7) is 2.02. The van der Waals surface area contributed by atoms with E-state index in [4.69, 9.17) is 0 Å². The molecule has 0 aromatic heterocycles. The fraction of sp³-hybridized carbons (Fsp3) is 0.391. The first-order valence-electron chi connectivity index (χ1n) is 10.8. The number of nitrogens with zero attached hydrogens (tertiary/aromatic N) is 4. The van der Waals surface area contributed by atoms with Crippen molar-refractivity contribution < 1.29 is 27.7 Å². The highest BCUT2D eigenvalue weighted by Gasteiger charge is 2.37. The number of hydrogen-bond acceptors (Lipinski definition) is 5. The minimum atomic E-state index is -4.46. The molecular formula is C23H23F3N4O4. The van der Waals surface area contributed by atoms with Gasteiger partial charge in [-0.2, -0.15) is 13.2 Å². The largest absolute Gasteiger partial charge is 0.416 e. The molecule has 1 atom stereocenters. The van der Waals surface area contributed by atoms with Gasteiger partial charge in [-0.25, -0.2) is 0 Å². The van der Waals surface area contributed by atoms with E-state index < -0.39 is 22.6 Å². The summed E-state index contributed by atoms with van der Waals surface area (Å²) in [5.41, 5.74) is 0.304. The number of amides is 2. The third-order valence-corrected chi connectivity index (χ3v) is 6.19. The molecule has 180 valence electrons. The maximum Gasteiger partial charge on any atom is 0.416 e. The molecule has 8 nitrogen and oxygen atoms in total. The summed E-state index contributed by atoms with van der Waals surface area (Å²) in [5.74, 6) is -0.952. The van der Waals surface area contributed by atoms with Gasteiger partial charge in [-0.05, 0) is 23.8 Å². The lowest BCUT2D eigenvalue weighted by Crippen LogP contribution is -2.50. The summed E-state index contributed by atoms with van der Waals surface area (Å²) in [6, 6.07) is 11.2. The van der Waals surface area contributed by atoms with Gasteiger partial charge in [0.05, 0.1) is 16.4 Å². The summed E-state index contributed by atoms with van der Waals surface area (Å²) >= 11 is 0. The van der Waals surface area contributed by atoms with Crippen molar-refractivity contribution >= 4 is 23.2 Å². The van der Waals surface area contributed by atoms with Gasteiger partial charge in [0, 0.05) is 63.5 Å². The van der Waals surface area contributed by atoms with Crippen molar-refractivity contribution in [1.29, 1.82) is 0 Å². The maximum atomic E-state index is 13.0. The Kier molecular flexibility index (Phi) is 6.45. The zero-order valence-corrected chi connectivity index (χ0v) is 18.2. The minimum Gasteiger partial charge on any atom is -0.368 e. The molecule has 0 bridgehead atoms. The van der Waals surface area contributed by atoms with Crippen molar-refractivity contribution in [1.82, 2.24) is 9.80 Å². The van der Waals surface area contributed by atoms with Crippen molar-refractivity contribution in [2.75, 3.05) is 37.6 Å². The number of non-ortho nitro benzene ring substituents is 1. The van der Waals surface area contributed by atoms with Gasteiger partial charge in [0.1, 0.15) is 0 Å². The van der Waals surface area contributed by atoms with E-state index in [1.165, 1.54) is 29.2 Å². The van der Waals surface area contributed by atoms with Crippen molar-refractivity contribution in [2.45, 2.75) is 19.1 Å². The molecule has 1 unspecified atom stereocenters. The summed E-state index contributed by atoms with van der Waals surface area (Å²) in [7, 11) is 0. The van der Waals surface area contributed by atoms with Crippen LogP contribution in [-0.4, -0.2) is 59.3 Å². The molecule has 2 saturated heterocycles. The normalized spacial score (nSPS) is 19.0. The van der Waals surface area contributed by atoms with Crippen molar-refractivity contribution in [3.63, 3.8) is 0 Å². The summed E-state index contributed by atoms with van der Waals surface area (Å²) < 4.78 is 38.9. The second kappa shape index (κ2) is 9.32. The molecule has 2 aliphatic rings. The SMILES string of the molecule is O=C1CC(C(=O)N2CCN(c3cccc([N+](=O)[O-])c3)CC2)CN1Cc1cccc(C(F)(F)F)c1. The number of likely N-dealkylation sites (tertiary alicyclic amines) is 1. The minimum absolute atomic E-state index is 0.00124. The third-order valence-electron chi connectivity index (χ3n) is 6.19. The Morgan fingerprint density at radius 1 is 1.06 bits per heavy atom. The van der Waals surface area contributed by atoms with Crippen LogP contribution in [0.25, 0.3) is 0 Å². The van der Waals surface area contributed by atoms with Crippen molar-refractivity contribution in [3.8, 4) is 0 Å². The highest BCUT2D eigenvalue weighted by molar-refractivity contribution is 5.89. The van der Waals surface area contributed by atoms with Crippen LogP contribution in [0, 0.1) is 16.0 Å². The average Bonchev–Trinajstić information content (AvgIpc) is 3.18. The third kappa shape index (κ3) is 5.13. The number of benzene rings is 2. The number of alkyl halides is 3. The van der Waals surface area contributed by atoms with Crippen LogP contribution in [0.3, 0.4) is 0 Å². The van der Waals surface area contributed by atoms with Crippen molar-refractivity contribution in [2.24, 2.45) is 5.92 Å². The van der Waals surface area contributed by atoms with Crippen molar-refractivity contribution in [3.05, 3.63) is 69.8 Å². The van der Waals surface area contributed by atoms with Crippen LogP contribution in [0.5, 0.6) is 0 Å². The first-order valence-corrected chi connectivity index (χ1v) is 10.8. The molecule has 34 heavy (non-hydrogen) atoms. The number of anilines is 1. The van der Waals surface area contributed by atoms with Gasteiger partial charge in [0.25, 0.3) is 5.69 Å². The van der Waals surface area contributed by atoms with Gasteiger partial charge in [0.2, 0.25) is 11.8 Å². The molecule has 0 radical (unpaired) electrons. The standard InChI is InChI=1S/C23H23F3N4O4/c24-23(25,26)18-4-1-3-16(11-18)14-29-15-17(12-21(29)31)22(32)28-9-7-27(8-10-28)19-5-2-6-20(13-19)30(33)34/h1-6,11,13,17H,7-10,12,14-15H2. The number of carbonyl (C=O) groups is 2. The zero-order chi connectivity index (χ0) is 24.5. The first kappa shape index (κ1) is 23.5. The van der Waals surface area contributed by atoms with Crippen LogP contribution in [0.1, 0.15) is 17.5 Å². The summed E-state index contributed by atoms with van der Waals surface area (Å²) in [4.78, 5) is 41.1. The quantitative estimate of drug-likeness (QED) is 0.488. The number of nitro groups is 1. The van der Waals surface area contributed by atoms with E-state index in [0.717, 1.165) is 12.1 Å². The van der Waals surface area contributed by atoms with Gasteiger partial charge in [-0.1, -0.05) is 18.2 Å². The van der Waals surface area contributed by atoms with Gasteiger partial charge < -0.3 is 14.7 Å². The van der Waals surface area contributed by atoms with Crippen LogP contribution in [-0.2, 0) is 22.3 Å². The average molecular weight is 476 g/mol. The van der Waals surface area contributed by atoms with Crippen LogP contribution >= 0.6 is 0 Å². The first-order chi connectivity index (χ1) is 16.1. The number of hydrogen-bond donors (Lipinski definition) is 0. The molecule has 2 amide bonds. The Hall–Kier alpha value is -3.63. The number of carbonyl (C=O) groups excluding carboxylic acids is 2. The molecule has 2 fully saturated rings. The van der Waals surface area contributed by atoms with Gasteiger partial charge >= 0.3 is 6.18 Å². The molecule has 2 aromatic carbocycles. The summed E-state index contributed by atoms with van der Waals surface area (Å²) in [5, 5.41) is 11.0. The lowest BCUT2D eigenvalue weighted by atomic mass is 10.1. The molecule has 2 aromatic rings. The monoisotopic (exact) mass is 476 g/mol. The van der Waals surface area contributed by atoms with Gasteiger partial charge in [0.15, 0.2) is 0 Å². The van der Waals surface area contributed by atoms with Crippen LogP contribution in [0.4, 0.5) is 24.5 Å². The van der Waals surface area contributed by atoms with Crippen LogP contribution in [0.15, 0.2) is 48.5 Å². The molecule has 0 saturated carbocycles. The maximum absolute atomic E-state index is 13.0. The molecule has 0 spiro atoms. The number of rotatable bonds is 5. The van der Waals surface area contributed by atoms with E-state index in [1.54, 1.807) is 17.0 Å². The predicted octanol–water partition coefficient (Wildman–Crippen LogP) is 3.31. The fourth-order valence-corrected chi connectivity index (χ4v) is 4.40. The lowest BCUT2D eigenvalue weighted by Gasteiger charge is -2.37. The number of piperazine rings is 1. The lowest BCUT2D eigenvalue weighted by molar-refractivity contribution is -0.384. The summed E-state index contributed by atoms with van der Waals surface area (Å²) in [6.07, 6.45) is -4.43. The highest BCUT2D eigenvalue weighted by atomic mass is 19.4. The topological polar surface area (TPSA) is 87.0 Å². The Morgan fingerprint density at radius 3 is 2.44 bits per heavy atom. The molecule has 0 N–H and O–H groups in total. The van der Waals surface area contributed by atoms with E-state index in [-0.39, 0.29) is 37.0 Å². The van der Waals surface area contributed by atoms with Gasteiger partial charge in [-0.15, -0.1) is 0 Å². The Balaban J connectivity index is 1.34. The van der Waals surface area contributed by atoms with Crippen LogP contribution in [0.2, 0.25) is 0 Å². The van der Waals surface area contributed by atoms with E-state index in [0.29, 0.717) is 37.4 Å². The van der Waals surface area contributed by atoms with E-state index in [1.807, 2.05) is 4.90 Å². The predicted molar refractivity (Wildman–Crippen MR) is 117 cm³/mol. The van der Waals surface area contributed by atoms with E-state index in [9.17, 15) is 32.9 Å². The molecule has 4 rings (SSSR count). The smallest absolute Gasteiger partial charge is 0.368 e. The second-order valence-corrected chi connectivity index (χ2v) is 8.46. The van der Waals surface area contributed by atoms with E-state index >= 15 is 0 Å². The number of nitro benzene ring substituents is 1. The molecule has 2 aliphatic heterocycles. The highest BCUT2D eigenvalue weighted by Crippen LogP contribution is 2.31. The van der Waals surface area contributed by atoms with Gasteiger partial charge in [-0.3, -0.25) is 19.7 Å². The molecule has 0 aliphatic carbocycles. The van der Waals surface area contributed by atoms with Crippen LogP contribution < -0.4 is 4.90 Å². The molecule has 2 heterocycles. The Labute approximate surface area is 193 Å². The fourth-order valence-electron chi connectivity index (χ4n) is 4.40. The Morgan fingerprint density at radius 2 is 1.76 bits per heavy atom. The Bertz CT molecular complexity index is 1100. The molecule has 11 heteroatoms. The zero-order valence-electron chi connectivity index (χ0n) is 18.2. The van der Waals surface area contributed by atoms with E-state index in [2.05, 4.69) is 0 Å². The second-order valence-electron chi connectivity index (χ2n) is 8.46.